The summed E-state index contributed by atoms with van der Waals surface area (Å²) in [5.41, 5.74) is 6.70. The molecule has 3 rings (SSSR count). The lowest BCUT2D eigenvalue weighted by Crippen LogP contribution is -2.30. The van der Waals surface area contributed by atoms with Crippen molar-refractivity contribution >= 4 is 11.8 Å². The number of hydrogen-bond donors (Lipinski definition) is 0. The van der Waals surface area contributed by atoms with Crippen LogP contribution < -0.4 is 9.47 Å². The third kappa shape index (κ3) is 8.76. The number of unbranched alkanes of at least 4 members (excludes halogenated alkanes) is 9. The van der Waals surface area contributed by atoms with Crippen LogP contribution in [0, 0.1) is 0 Å². The average Bonchev–Trinajstić information content (AvgIpc) is 2.93. The van der Waals surface area contributed by atoms with E-state index in [0.717, 1.165) is 50.5 Å². The van der Waals surface area contributed by atoms with Gasteiger partial charge in [0.25, 0.3) is 0 Å². The van der Waals surface area contributed by atoms with E-state index in [2.05, 4.69) is 61.4 Å². The van der Waals surface area contributed by atoms with Gasteiger partial charge in [-0.2, -0.15) is 0 Å². The van der Waals surface area contributed by atoms with Crippen molar-refractivity contribution < 1.29 is 14.0 Å². The number of nitrogens with zero attached hydrogens (tertiary/aromatic N) is 1. The lowest BCUT2D eigenvalue weighted by Gasteiger charge is -2.23. The van der Waals surface area contributed by atoms with Crippen LogP contribution in [-0.4, -0.2) is 30.5 Å². The van der Waals surface area contributed by atoms with E-state index in [9.17, 15) is 0 Å². The van der Waals surface area contributed by atoms with Gasteiger partial charge in [-0.05, 0) is 30.5 Å². The van der Waals surface area contributed by atoms with Crippen LogP contribution in [0.3, 0.4) is 0 Å². The lowest BCUT2D eigenvalue weighted by molar-refractivity contribution is -0.545. The van der Waals surface area contributed by atoms with Crippen molar-refractivity contribution in [1.29, 1.82) is 0 Å². The predicted octanol–water partition coefficient (Wildman–Crippen LogP) is 9.00. The minimum Gasteiger partial charge on any atom is -0.493 e. The fourth-order valence-electron chi connectivity index (χ4n) is 5.40. The SMILES string of the molecule is C=Cc1ccc(C[N+]2=C(CCCCCCC)c3ccc(OC)c(OCCCCCCCC)c3CC2)cc1. The van der Waals surface area contributed by atoms with Gasteiger partial charge in [-0.1, -0.05) is 109 Å². The Morgan fingerprint density at radius 2 is 1.51 bits per heavy atom. The molecule has 0 aromatic heterocycles. The Morgan fingerprint density at radius 1 is 0.838 bits per heavy atom. The lowest BCUT2D eigenvalue weighted by atomic mass is 9.91. The monoisotopic (exact) mass is 504 g/mol. The number of fused-ring (bicyclic) bond motifs is 1. The van der Waals surface area contributed by atoms with E-state index in [1.807, 2.05) is 6.08 Å². The number of hydrogen-bond acceptors (Lipinski definition) is 2. The van der Waals surface area contributed by atoms with Crippen LogP contribution in [0.2, 0.25) is 0 Å². The molecule has 0 atom stereocenters. The highest BCUT2D eigenvalue weighted by Crippen LogP contribution is 2.37. The number of rotatable bonds is 18. The molecule has 0 amide bonds. The van der Waals surface area contributed by atoms with Crippen LogP contribution in [0.1, 0.15) is 113 Å². The Bertz CT molecular complexity index is 990. The van der Waals surface area contributed by atoms with E-state index in [-0.39, 0.29) is 0 Å². The highest BCUT2D eigenvalue weighted by Gasteiger charge is 2.29. The van der Waals surface area contributed by atoms with Gasteiger partial charge in [0.05, 0.1) is 13.7 Å². The quantitative estimate of drug-likeness (QED) is 0.149. The molecule has 0 saturated heterocycles. The van der Waals surface area contributed by atoms with Crippen LogP contribution in [-0.2, 0) is 13.0 Å². The highest BCUT2D eigenvalue weighted by molar-refractivity contribution is 5.99. The molecule has 1 aliphatic heterocycles. The summed E-state index contributed by atoms with van der Waals surface area (Å²) in [5.74, 6) is 1.85. The van der Waals surface area contributed by atoms with Crippen molar-refractivity contribution in [1.82, 2.24) is 0 Å². The first-order chi connectivity index (χ1) is 18.2. The van der Waals surface area contributed by atoms with E-state index in [0.29, 0.717) is 0 Å². The molecular formula is C34H50NO2+. The zero-order valence-electron chi connectivity index (χ0n) is 23.8. The maximum absolute atomic E-state index is 6.45. The summed E-state index contributed by atoms with van der Waals surface area (Å²) in [6.45, 7) is 11.2. The minimum absolute atomic E-state index is 0.769. The minimum atomic E-state index is 0.769. The third-order valence-corrected chi connectivity index (χ3v) is 7.62. The fourth-order valence-corrected chi connectivity index (χ4v) is 5.40. The van der Waals surface area contributed by atoms with E-state index < -0.39 is 0 Å². The molecule has 202 valence electrons. The first-order valence-corrected chi connectivity index (χ1v) is 14.9. The van der Waals surface area contributed by atoms with Crippen molar-refractivity contribution in [2.45, 2.75) is 104 Å². The van der Waals surface area contributed by atoms with Crippen molar-refractivity contribution in [2.24, 2.45) is 0 Å². The van der Waals surface area contributed by atoms with E-state index in [1.165, 1.54) is 92.2 Å². The van der Waals surface area contributed by atoms with Crippen molar-refractivity contribution in [2.75, 3.05) is 20.3 Å². The Balaban J connectivity index is 1.81. The Hall–Kier alpha value is -2.55. The van der Waals surface area contributed by atoms with Gasteiger partial charge in [0.1, 0.15) is 6.54 Å². The van der Waals surface area contributed by atoms with Crippen molar-refractivity contribution in [3.8, 4) is 11.5 Å². The molecule has 0 spiro atoms. The van der Waals surface area contributed by atoms with Crippen LogP contribution in [0.15, 0.2) is 43.0 Å². The molecule has 0 bridgehead atoms. The van der Waals surface area contributed by atoms with Gasteiger partial charge < -0.3 is 9.47 Å². The fraction of sp³-hybridized carbons (Fsp3) is 0.559. The molecule has 0 saturated carbocycles. The Kier molecular flexibility index (Phi) is 12.8. The summed E-state index contributed by atoms with van der Waals surface area (Å²) >= 11 is 0. The summed E-state index contributed by atoms with van der Waals surface area (Å²) in [5, 5.41) is 0. The molecule has 0 fully saturated rings. The summed E-state index contributed by atoms with van der Waals surface area (Å²) in [4.78, 5) is 0. The summed E-state index contributed by atoms with van der Waals surface area (Å²) in [7, 11) is 1.76. The average molecular weight is 505 g/mol. The number of benzene rings is 2. The Labute approximate surface area is 226 Å². The van der Waals surface area contributed by atoms with E-state index in [4.69, 9.17) is 9.47 Å². The van der Waals surface area contributed by atoms with Gasteiger partial charge in [0, 0.05) is 29.5 Å². The van der Waals surface area contributed by atoms with Gasteiger partial charge in [0.15, 0.2) is 23.8 Å². The van der Waals surface area contributed by atoms with Crippen LogP contribution in [0.5, 0.6) is 11.5 Å². The van der Waals surface area contributed by atoms with E-state index >= 15 is 0 Å². The van der Waals surface area contributed by atoms with Gasteiger partial charge in [-0.3, -0.25) is 0 Å². The van der Waals surface area contributed by atoms with Crippen molar-refractivity contribution in [3.05, 3.63) is 65.2 Å². The maximum atomic E-state index is 6.45. The predicted molar refractivity (Wildman–Crippen MR) is 158 cm³/mol. The standard InChI is InChI=1S/C34H50NO2/c1-5-8-10-12-14-16-26-37-34-31-24-25-35(27-29-20-18-28(7-3)19-21-29)32(17-15-13-11-9-6-2)30(31)22-23-33(34)36-4/h7,18-23H,3,5-6,8-17,24-27H2,1-2,4H3/q+1. The molecule has 0 N–H and O–H groups in total. The zero-order valence-corrected chi connectivity index (χ0v) is 23.8. The first kappa shape index (κ1) is 29.0. The topological polar surface area (TPSA) is 21.5 Å². The molecule has 0 aliphatic carbocycles. The van der Waals surface area contributed by atoms with Crippen LogP contribution >= 0.6 is 0 Å². The second-order valence-corrected chi connectivity index (χ2v) is 10.5. The number of methoxy groups -OCH3 is 1. The Morgan fingerprint density at radius 3 is 2.19 bits per heavy atom. The zero-order chi connectivity index (χ0) is 26.3. The van der Waals surface area contributed by atoms with Crippen LogP contribution in [0.4, 0.5) is 0 Å². The molecule has 1 heterocycles. The summed E-state index contributed by atoms with van der Waals surface area (Å²) < 4.78 is 14.8. The molecule has 1 aliphatic rings. The molecule has 0 radical (unpaired) electrons. The molecule has 2 aromatic carbocycles. The van der Waals surface area contributed by atoms with Gasteiger partial charge >= 0.3 is 0 Å². The summed E-state index contributed by atoms with van der Waals surface area (Å²) in [6.07, 6.45) is 18.1. The van der Waals surface area contributed by atoms with Crippen molar-refractivity contribution in [3.63, 3.8) is 0 Å². The smallest absolute Gasteiger partial charge is 0.184 e. The maximum Gasteiger partial charge on any atom is 0.184 e. The third-order valence-electron chi connectivity index (χ3n) is 7.62. The van der Waals surface area contributed by atoms with Gasteiger partial charge in [-0.15, -0.1) is 0 Å². The molecule has 3 heteroatoms. The highest BCUT2D eigenvalue weighted by atomic mass is 16.5. The van der Waals surface area contributed by atoms with E-state index in [1.54, 1.807) is 7.11 Å². The second-order valence-electron chi connectivity index (χ2n) is 10.5. The van der Waals surface area contributed by atoms with Gasteiger partial charge in [-0.25, -0.2) is 4.58 Å². The molecular weight excluding hydrogens is 454 g/mol. The molecule has 3 nitrogen and oxygen atoms in total. The normalized spacial score (nSPS) is 12.9. The summed E-state index contributed by atoms with van der Waals surface area (Å²) in [6, 6.07) is 13.2. The number of ether oxygens (including phenoxy) is 2. The second kappa shape index (κ2) is 16.3. The first-order valence-electron chi connectivity index (χ1n) is 14.9. The van der Waals surface area contributed by atoms with Gasteiger partial charge in [0.2, 0.25) is 0 Å². The van der Waals surface area contributed by atoms with Crippen LogP contribution in [0.25, 0.3) is 6.08 Å². The molecule has 2 aromatic rings. The molecule has 0 unspecified atom stereocenters. The molecule has 37 heavy (non-hydrogen) atoms. The largest absolute Gasteiger partial charge is 0.493 e.